The van der Waals surface area contributed by atoms with Gasteiger partial charge < -0.3 is 15.3 Å². The lowest BCUT2D eigenvalue weighted by molar-refractivity contribution is -0.973. The van der Waals surface area contributed by atoms with Crippen molar-refractivity contribution in [1.29, 1.82) is 0 Å². The lowest BCUT2D eigenvalue weighted by Crippen LogP contribution is -2.72. The summed E-state index contributed by atoms with van der Waals surface area (Å²) in [5, 5.41) is 29.9. The van der Waals surface area contributed by atoms with Crippen LogP contribution in [-0.4, -0.2) is 62.4 Å². The number of aliphatic carboxylic acids is 3. The predicted octanol–water partition coefficient (Wildman–Crippen LogP) is 6.26. The lowest BCUT2D eigenvalue weighted by atomic mass is 9.93. The molecule has 0 aromatic carbocycles. The van der Waals surface area contributed by atoms with Crippen LogP contribution in [0.5, 0.6) is 0 Å². The Morgan fingerprint density at radius 1 is 0.588 bits per heavy atom. The molecule has 0 fully saturated rings. The molecule has 3 N–H and O–H groups in total. The summed E-state index contributed by atoms with van der Waals surface area (Å²) in [4.78, 5) is 36.6. The normalized spacial score (nSPS) is 16.1. The van der Waals surface area contributed by atoms with E-state index in [1.165, 1.54) is 25.7 Å². The van der Waals surface area contributed by atoms with Crippen molar-refractivity contribution in [2.24, 2.45) is 0 Å². The highest BCUT2D eigenvalue weighted by Gasteiger charge is 2.55. The van der Waals surface area contributed by atoms with Gasteiger partial charge in [0.1, 0.15) is 0 Å². The number of unbranched alkanes of at least 4 members (excludes halogenated alkanes) is 9. The molecule has 0 rings (SSSR count). The smallest absolute Gasteiger partial charge is 0.362 e. The first-order chi connectivity index (χ1) is 16.2. The Balaban J connectivity index is 5.07. The number of nitrogens with zero attached hydrogens (tertiary/aromatic N) is 1. The average Bonchev–Trinajstić information content (AvgIpc) is 2.77. The van der Waals surface area contributed by atoms with E-state index in [9.17, 15) is 29.7 Å². The molecule has 0 aliphatic carbocycles. The van der Waals surface area contributed by atoms with Gasteiger partial charge in [-0.05, 0) is 32.1 Å². The van der Waals surface area contributed by atoms with E-state index >= 15 is 0 Å². The number of carboxylic acid groups (broad SMARTS) is 3. The van der Waals surface area contributed by atoms with Crippen LogP contribution in [0.25, 0.3) is 0 Å². The second-order valence-corrected chi connectivity index (χ2v) is 9.38. The summed E-state index contributed by atoms with van der Waals surface area (Å²) in [7, 11) is 0. The minimum atomic E-state index is -1.12. The van der Waals surface area contributed by atoms with Gasteiger partial charge in [0, 0.05) is 19.3 Å². The molecule has 0 spiro atoms. The Labute approximate surface area is 206 Å². The van der Waals surface area contributed by atoms with Gasteiger partial charge >= 0.3 is 17.9 Å². The van der Waals surface area contributed by atoms with Crippen LogP contribution in [0.3, 0.4) is 0 Å². The number of quaternary nitrogens is 1. The zero-order valence-corrected chi connectivity index (χ0v) is 22.0. The molecule has 34 heavy (non-hydrogen) atoms. The van der Waals surface area contributed by atoms with Gasteiger partial charge in [0.25, 0.3) is 0 Å². The number of rotatable bonds is 22. The van der Waals surface area contributed by atoms with Crippen molar-refractivity contribution < 1.29 is 34.2 Å². The zero-order valence-electron chi connectivity index (χ0n) is 22.0. The van der Waals surface area contributed by atoms with E-state index < -0.39 is 40.5 Å². The Hall–Kier alpha value is -1.89. The fraction of sp³-hybridized carbons (Fsp3) is 0.815. The number of carbonyl (C=O) groups is 3. The van der Waals surface area contributed by atoms with Crippen molar-refractivity contribution in [1.82, 2.24) is 0 Å². The number of hydrogen-bond acceptors (Lipinski definition) is 3. The van der Waals surface area contributed by atoms with E-state index in [1.807, 2.05) is 0 Å². The van der Waals surface area contributed by atoms with Gasteiger partial charge in [-0.25, -0.2) is 14.4 Å². The summed E-state index contributed by atoms with van der Waals surface area (Å²) in [5.41, 5.74) is 0. The van der Waals surface area contributed by atoms with Crippen LogP contribution in [0, 0.1) is 0 Å². The summed E-state index contributed by atoms with van der Waals surface area (Å²) in [6.07, 6.45) is 17.0. The monoisotopic (exact) mass is 484 g/mol. The molecular weight excluding hydrogens is 434 g/mol. The van der Waals surface area contributed by atoms with Gasteiger partial charge in [0.05, 0.1) is 6.54 Å². The van der Waals surface area contributed by atoms with Gasteiger partial charge in [0.2, 0.25) is 0 Å². The van der Waals surface area contributed by atoms with Crippen LogP contribution in [0.1, 0.15) is 118 Å². The first-order valence-corrected chi connectivity index (χ1v) is 13.4. The second-order valence-electron chi connectivity index (χ2n) is 9.38. The molecular formula is C27H50NO6+. The fourth-order valence-corrected chi connectivity index (χ4v) is 5.39. The van der Waals surface area contributed by atoms with E-state index in [-0.39, 0.29) is 25.8 Å². The molecule has 0 saturated carbocycles. The lowest BCUT2D eigenvalue weighted by Gasteiger charge is -2.49. The third-order valence-corrected chi connectivity index (χ3v) is 7.04. The second kappa shape index (κ2) is 18.4. The zero-order chi connectivity index (χ0) is 26.0. The van der Waals surface area contributed by atoms with Gasteiger partial charge in [0.15, 0.2) is 18.1 Å². The van der Waals surface area contributed by atoms with E-state index in [0.717, 1.165) is 38.5 Å². The predicted molar refractivity (Wildman–Crippen MR) is 136 cm³/mol. The van der Waals surface area contributed by atoms with E-state index in [4.69, 9.17) is 0 Å². The minimum absolute atomic E-state index is 0.191. The maximum atomic E-state index is 12.2. The average molecular weight is 485 g/mol. The first kappa shape index (κ1) is 32.1. The van der Waals surface area contributed by atoms with E-state index in [0.29, 0.717) is 6.42 Å². The Morgan fingerprint density at radius 3 is 1.29 bits per heavy atom. The molecule has 0 heterocycles. The van der Waals surface area contributed by atoms with Crippen LogP contribution in [0.15, 0.2) is 12.2 Å². The van der Waals surface area contributed by atoms with Gasteiger partial charge in [-0.15, -0.1) is 0 Å². The van der Waals surface area contributed by atoms with Crippen molar-refractivity contribution in [2.75, 3.05) is 6.54 Å². The Kier molecular flexibility index (Phi) is 17.4. The molecule has 7 heteroatoms. The highest BCUT2D eigenvalue weighted by atomic mass is 16.4. The maximum Gasteiger partial charge on any atom is 0.362 e. The highest BCUT2D eigenvalue weighted by molar-refractivity contribution is 5.78. The number of hydrogen-bond donors (Lipinski definition) is 3. The highest BCUT2D eigenvalue weighted by Crippen LogP contribution is 2.32. The quantitative estimate of drug-likeness (QED) is 0.0950. The van der Waals surface area contributed by atoms with Crippen molar-refractivity contribution in [3.05, 3.63) is 12.2 Å². The topological polar surface area (TPSA) is 112 Å². The van der Waals surface area contributed by atoms with Gasteiger partial charge in [-0.1, -0.05) is 78.4 Å². The molecule has 0 aliphatic rings. The number of allylic oxidation sites excluding steroid dienone is 2. The molecule has 0 aliphatic heterocycles. The minimum Gasteiger partial charge on any atom is -0.477 e. The standard InChI is InChI=1S/C27H49NO6/c1-5-9-10-11-12-13-14-15-16-17-18-19-20-21-28(22(6-2)25(29)30,23(7-3)26(31)32)24(8-4)27(33)34/h10-11,22-24H,5-9,12-21H2,1-4H3,(H2-,29,30,31,32,33,34)/p+1/b11-10+. The summed E-state index contributed by atoms with van der Waals surface area (Å²) < 4.78 is -0.408. The molecule has 3 unspecified atom stereocenters. The molecule has 3 atom stereocenters. The van der Waals surface area contributed by atoms with Crippen LogP contribution < -0.4 is 0 Å². The van der Waals surface area contributed by atoms with E-state index in [1.54, 1.807) is 20.8 Å². The van der Waals surface area contributed by atoms with Gasteiger partial charge in [-0.3, -0.25) is 4.48 Å². The van der Waals surface area contributed by atoms with Crippen LogP contribution in [0.2, 0.25) is 0 Å². The van der Waals surface area contributed by atoms with Crippen molar-refractivity contribution in [2.45, 2.75) is 136 Å². The van der Waals surface area contributed by atoms with Gasteiger partial charge in [-0.2, -0.15) is 0 Å². The molecule has 198 valence electrons. The SMILES string of the molecule is CCC/C=C/CCCCCCCCCC[N+](C(CC)C(=O)O)(C(CC)C(=O)O)C(CC)C(=O)O. The molecule has 0 amide bonds. The first-order valence-electron chi connectivity index (χ1n) is 13.4. The maximum absolute atomic E-state index is 12.2. The largest absolute Gasteiger partial charge is 0.477 e. The third kappa shape index (κ3) is 10.2. The van der Waals surface area contributed by atoms with E-state index in [2.05, 4.69) is 19.1 Å². The fourth-order valence-electron chi connectivity index (χ4n) is 5.39. The summed E-state index contributed by atoms with van der Waals surface area (Å²) in [5.74, 6) is -3.36. The van der Waals surface area contributed by atoms with Crippen LogP contribution in [0.4, 0.5) is 0 Å². The summed E-state index contributed by atoms with van der Waals surface area (Å²) >= 11 is 0. The van der Waals surface area contributed by atoms with Crippen molar-refractivity contribution in [3.63, 3.8) is 0 Å². The summed E-state index contributed by atoms with van der Waals surface area (Å²) in [6.45, 7) is 7.54. The Bertz CT molecular complexity index is 563. The molecule has 7 nitrogen and oxygen atoms in total. The Morgan fingerprint density at radius 2 is 0.941 bits per heavy atom. The molecule has 0 radical (unpaired) electrons. The summed E-state index contributed by atoms with van der Waals surface area (Å²) in [6, 6.07) is -3.18. The molecule has 0 aromatic rings. The molecule has 0 bridgehead atoms. The van der Waals surface area contributed by atoms with Crippen molar-refractivity contribution in [3.8, 4) is 0 Å². The third-order valence-electron chi connectivity index (χ3n) is 7.04. The molecule has 0 aromatic heterocycles. The molecule has 0 saturated heterocycles. The van der Waals surface area contributed by atoms with Crippen molar-refractivity contribution >= 4 is 17.9 Å². The van der Waals surface area contributed by atoms with Crippen LogP contribution in [-0.2, 0) is 14.4 Å². The van der Waals surface area contributed by atoms with Crippen LogP contribution >= 0.6 is 0 Å². The number of carboxylic acids is 3.